The molecule has 11 heteroatoms. The fourth-order valence-electron chi connectivity index (χ4n) is 6.79. The Hall–Kier alpha value is -3.57. The number of benzene rings is 1. The summed E-state index contributed by atoms with van der Waals surface area (Å²) in [6, 6.07) is 6.65. The molecule has 214 valence electrons. The number of ether oxygens (including phenoxy) is 1. The van der Waals surface area contributed by atoms with E-state index in [1.807, 2.05) is 24.3 Å². The first-order chi connectivity index (χ1) is 19.4. The van der Waals surface area contributed by atoms with Gasteiger partial charge in [-0.1, -0.05) is 29.5 Å². The molecule has 3 saturated heterocycles. The molecule has 3 aliphatic rings. The summed E-state index contributed by atoms with van der Waals surface area (Å²) < 4.78 is 8.22. The zero-order valence-electron chi connectivity index (χ0n) is 23.0. The lowest BCUT2D eigenvalue weighted by atomic mass is 9.70. The Morgan fingerprint density at radius 2 is 1.95 bits per heavy atom. The second kappa shape index (κ2) is 11.5. The summed E-state index contributed by atoms with van der Waals surface area (Å²) in [5, 5.41) is 17.7. The number of fused-ring (bicyclic) bond motifs is 2. The van der Waals surface area contributed by atoms with Gasteiger partial charge in [-0.2, -0.15) is 0 Å². The van der Waals surface area contributed by atoms with Gasteiger partial charge in [0.2, 0.25) is 17.7 Å². The molecular weight excluding hydrogens is 512 g/mol. The van der Waals surface area contributed by atoms with Crippen LogP contribution in [-0.2, 0) is 25.8 Å². The Morgan fingerprint density at radius 1 is 1.18 bits per heavy atom. The number of aliphatic hydroxyl groups is 1. The number of likely N-dealkylation sites (tertiary alicyclic amines) is 1. The molecule has 4 heterocycles. The largest absolute Gasteiger partial charge is 0.396 e. The number of unbranched alkanes of at least 4 members (excludes halogenated alkanes) is 2. The molecule has 5 atom stereocenters. The van der Waals surface area contributed by atoms with E-state index in [0.717, 1.165) is 11.0 Å². The molecule has 0 aliphatic carbocycles. The van der Waals surface area contributed by atoms with Crippen LogP contribution in [0.5, 0.6) is 0 Å². The van der Waals surface area contributed by atoms with Crippen molar-refractivity contribution in [1.82, 2.24) is 29.7 Å². The fraction of sp³-hybridized carbons (Fsp3) is 0.552. The summed E-state index contributed by atoms with van der Waals surface area (Å²) in [5.41, 5.74) is 0.434. The van der Waals surface area contributed by atoms with Crippen LogP contribution < -0.4 is 0 Å². The minimum absolute atomic E-state index is 0.0683. The van der Waals surface area contributed by atoms with Gasteiger partial charge in [0.1, 0.15) is 23.8 Å². The topological polar surface area (TPSA) is 121 Å². The van der Waals surface area contributed by atoms with E-state index in [4.69, 9.17) is 4.74 Å². The van der Waals surface area contributed by atoms with Gasteiger partial charge in [-0.3, -0.25) is 14.4 Å². The van der Waals surface area contributed by atoms with Crippen molar-refractivity contribution >= 4 is 28.8 Å². The molecule has 1 aromatic heterocycles. The van der Waals surface area contributed by atoms with Gasteiger partial charge in [-0.15, -0.1) is 18.3 Å². The maximum absolute atomic E-state index is 14.5. The average Bonchev–Trinajstić information content (AvgIpc) is 3.70. The second-order valence-corrected chi connectivity index (χ2v) is 10.9. The minimum atomic E-state index is -1.07. The molecule has 0 saturated carbocycles. The molecule has 3 amide bonds. The molecule has 2 aromatic rings. The molecule has 0 radical (unpaired) electrons. The van der Waals surface area contributed by atoms with E-state index >= 15 is 0 Å². The summed E-state index contributed by atoms with van der Waals surface area (Å²) in [4.78, 5) is 46.9. The number of hydrogen-bond donors (Lipinski definition) is 1. The van der Waals surface area contributed by atoms with Crippen LogP contribution in [0.1, 0.15) is 32.1 Å². The standard InChI is InChI=1S/C29H38N6O5/c1-4-15-32(3)26(37)23-22-13-14-29(40-22)24(23)27(38)34(17-9-6-10-18-36)25(29)28(39)33(16-5-2)19-35-21-12-8-7-11-20(21)30-31-35/h4-5,7-8,11-12,22-25,36H,1-2,6,9-10,13-19H2,3H3/t22-,23+,24+,25?,29?/m1/s1. The number of hydrogen-bond acceptors (Lipinski definition) is 7. The fourth-order valence-corrected chi connectivity index (χ4v) is 6.79. The number of aromatic nitrogens is 3. The van der Waals surface area contributed by atoms with Crippen LogP contribution in [-0.4, -0.2) is 104 Å². The summed E-state index contributed by atoms with van der Waals surface area (Å²) in [5.74, 6) is -1.99. The number of para-hydroxylation sites is 1. The predicted octanol–water partition coefficient (Wildman–Crippen LogP) is 1.59. The molecule has 3 fully saturated rings. The maximum Gasteiger partial charge on any atom is 0.250 e. The van der Waals surface area contributed by atoms with Crippen LogP contribution in [0.2, 0.25) is 0 Å². The number of amides is 3. The second-order valence-electron chi connectivity index (χ2n) is 10.9. The van der Waals surface area contributed by atoms with Gasteiger partial charge in [0, 0.05) is 33.3 Å². The molecule has 1 N–H and O–H groups in total. The molecule has 2 unspecified atom stereocenters. The van der Waals surface area contributed by atoms with Crippen LogP contribution in [0, 0.1) is 11.8 Å². The van der Waals surface area contributed by atoms with Gasteiger partial charge >= 0.3 is 0 Å². The number of aliphatic hydroxyl groups excluding tert-OH is 1. The molecule has 40 heavy (non-hydrogen) atoms. The molecule has 3 aliphatic heterocycles. The predicted molar refractivity (Wildman–Crippen MR) is 148 cm³/mol. The highest BCUT2D eigenvalue weighted by atomic mass is 16.5. The summed E-state index contributed by atoms with van der Waals surface area (Å²) in [6.45, 7) is 8.74. The normalized spacial score (nSPS) is 26.8. The van der Waals surface area contributed by atoms with Crippen LogP contribution in [0.3, 0.4) is 0 Å². The maximum atomic E-state index is 14.5. The lowest BCUT2D eigenvalue weighted by molar-refractivity contribution is -0.149. The third-order valence-electron chi connectivity index (χ3n) is 8.54. The molecule has 1 spiro atoms. The number of rotatable bonds is 13. The van der Waals surface area contributed by atoms with Crippen molar-refractivity contribution in [2.75, 3.05) is 33.3 Å². The smallest absolute Gasteiger partial charge is 0.250 e. The van der Waals surface area contributed by atoms with Crippen molar-refractivity contribution < 1.29 is 24.2 Å². The van der Waals surface area contributed by atoms with Crippen molar-refractivity contribution in [3.8, 4) is 0 Å². The quantitative estimate of drug-likeness (QED) is 0.297. The number of likely N-dealkylation sites (N-methyl/N-ethyl adjacent to an activating group) is 1. The van der Waals surface area contributed by atoms with Crippen molar-refractivity contribution in [3.05, 3.63) is 49.6 Å². The molecular formula is C29H38N6O5. The number of nitrogens with zero attached hydrogens (tertiary/aromatic N) is 6. The zero-order chi connectivity index (χ0) is 28.4. The highest BCUT2D eigenvalue weighted by molar-refractivity contribution is 5.99. The Balaban J connectivity index is 1.49. The zero-order valence-corrected chi connectivity index (χ0v) is 23.0. The number of carbonyl (C=O) groups excluding carboxylic acids is 3. The van der Waals surface area contributed by atoms with Crippen LogP contribution in [0.15, 0.2) is 49.6 Å². The van der Waals surface area contributed by atoms with Crippen molar-refractivity contribution in [2.24, 2.45) is 11.8 Å². The number of carbonyl (C=O) groups is 3. The van der Waals surface area contributed by atoms with E-state index in [0.29, 0.717) is 45.2 Å². The van der Waals surface area contributed by atoms with Gasteiger partial charge < -0.3 is 24.5 Å². The van der Waals surface area contributed by atoms with E-state index in [2.05, 4.69) is 23.5 Å². The summed E-state index contributed by atoms with van der Waals surface area (Å²) in [6.07, 6.45) is 5.99. The van der Waals surface area contributed by atoms with E-state index in [1.54, 1.807) is 38.6 Å². The van der Waals surface area contributed by atoms with Gasteiger partial charge in [0.15, 0.2) is 0 Å². The Bertz CT molecular complexity index is 1290. The van der Waals surface area contributed by atoms with Crippen molar-refractivity contribution in [3.63, 3.8) is 0 Å². The lowest BCUT2D eigenvalue weighted by Gasteiger charge is -2.36. The lowest BCUT2D eigenvalue weighted by Crippen LogP contribution is -2.56. The average molecular weight is 551 g/mol. The van der Waals surface area contributed by atoms with E-state index in [-0.39, 0.29) is 37.5 Å². The highest BCUT2D eigenvalue weighted by Crippen LogP contribution is 2.59. The third-order valence-corrected chi connectivity index (χ3v) is 8.54. The molecule has 2 bridgehead atoms. The summed E-state index contributed by atoms with van der Waals surface area (Å²) >= 11 is 0. The Morgan fingerprint density at radius 3 is 2.70 bits per heavy atom. The SMILES string of the molecule is C=CCN(C)C(=O)[C@@H]1[C@H]2C(=O)N(CCCCCO)C(C(=O)N(CC=C)Cn3nnc4ccccc43)C23CC[C@H]1O3. The molecule has 11 nitrogen and oxygen atoms in total. The Labute approximate surface area is 234 Å². The van der Waals surface area contributed by atoms with Gasteiger partial charge in [-0.05, 0) is 44.2 Å². The van der Waals surface area contributed by atoms with Crippen LogP contribution in [0.25, 0.3) is 11.0 Å². The monoisotopic (exact) mass is 550 g/mol. The first-order valence-corrected chi connectivity index (χ1v) is 14.0. The first kappa shape index (κ1) is 28.0. The van der Waals surface area contributed by atoms with Crippen LogP contribution in [0.4, 0.5) is 0 Å². The van der Waals surface area contributed by atoms with E-state index in [1.165, 1.54) is 0 Å². The van der Waals surface area contributed by atoms with E-state index in [9.17, 15) is 19.5 Å². The third kappa shape index (κ3) is 4.60. The van der Waals surface area contributed by atoms with Gasteiger partial charge in [0.05, 0.1) is 23.5 Å². The van der Waals surface area contributed by atoms with Crippen LogP contribution >= 0.6 is 0 Å². The van der Waals surface area contributed by atoms with E-state index < -0.39 is 29.6 Å². The minimum Gasteiger partial charge on any atom is -0.396 e. The Kier molecular flexibility index (Phi) is 8.04. The van der Waals surface area contributed by atoms with Crippen molar-refractivity contribution in [1.29, 1.82) is 0 Å². The van der Waals surface area contributed by atoms with Crippen molar-refractivity contribution in [2.45, 2.75) is 56.5 Å². The molecule has 5 rings (SSSR count). The molecule has 1 aromatic carbocycles. The van der Waals surface area contributed by atoms with Gasteiger partial charge in [-0.25, -0.2) is 4.68 Å². The summed E-state index contributed by atoms with van der Waals surface area (Å²) in [7, 11) is 1.70. The first-order valence-electron chi connectivity index (χ1n) is 14.0. The highest BCUT2D eigenvalue weighted by Gasteiger charge is 2.74. The van der Waals surface area contributed by atoms with Gasteiger partial charge in [0.25, 0.3) is 0 Å².